The Kier molecular flexibility index (Phi) is 2.51. The van der Waals surface area contributed by atoms with E-state index in [9.17, 15) is 9.59 Å². The molecule has 22 heavy (non-hydrogen) atoms. The maximum atomic E-state index is 12.5. The van der Waals surface area contributed by atoms with Gasteiger partial charge in [0.1, 0.15) is 5.22 Å². The predicted octanol–water partition coefficient (Wildman–Crippen LogP) is 2.71. The van der Waals surface area contributed by atoms with Crippen LogP contribution in [0.3, 0.4) is 0 Å². The molecular formula is C18H14N2O2. The van der Waals surface area contributed by atoms with Gasteiger partial charge in [0.2, 0.25) is 5.43 Å². The molecule has 0 amide bonds. The van der Waals surface area contributed by atoms with E-state index in [1.807, 2.05) is 44.2 Å². The highest BCUT2D eigenvalue weighted by atomic mass is 16.1. The van der Waals surface area contributed by atoms with Gasteiger partial charge in [-0.1, -0.05) is 24.3 Å². The van der Waals surface area contributed by atoms with Gasteiger partial charge in [-0.25, -0.2) is 0 Å². The Morgan fingerprint density at radius 2 is 1.41 bits per heavy atom. The molecule has 0 saturated carbocycles. The molecular weight excluding hydrogens is 276 g/mol. The summed E-state index contributed by atoms with van der Waals surface area (Å²) in [6.45, 7) is 4.02. The number of aryl methyl sites for hydroxylation is 2. The van der Waals surface area contributed by atoms with Gasteiger partial charge in [-0.15, -0.1) is 0 Å². The third kappa shape index (κ3) is 1.64. The number of aromatic amines is 2. The van der Waals surface area contributed by atoms with Crippen LogP contribution in [0.1, 0.15) is 11.1 Å². The van der Waals surface area contributed by atoms with Crippen molar-refractivity contribution in [2.75, 3.05) is 0 Å². The lowest BCUT2D eigenvalue weighted by Gasteiger charge is -2.00. The summed E-state index contributed by atoms with van der Waals surface area (Å²) in [4.78, 5) is 31.2. The molecule has 1 aliphatic heterocycles. The number of nitrogens with one attached hydrogen (secondary N) is 2. The molecule has 1 aliphatic carbocycles. The Morgan fingerprint density at radius 3 is 2.09 bits per heavy atom. The van der Waals surface area contributed by atoms with Gasteiger partial charge in [0.05, 0.1) is 16.4 Å². The first-order valence-electron chi connectivity index (χ1n) is 7.14. The van der Waals surface area contributed by atoms with Gasteiger partial charge in [-0.2, -0.15) is 0 Å². The summed E-state index contributed by atoms with van der Waals surface area (Å²) >= 11 is 0. The van der Waals surface area contributed by atoms with E-state index in [0.29, 0.717) is 16.3 Å². The van der Waals surface area contributed by atoms with Crippen molar-refractivity contribution in [1.82, 2.24) is 9.97 Å². The van der Waals surface area contributed by atoms with E-state index in [0.717, 1.165) is 22.0 Å². The van der Waals surface area contributed by atoms with Gasteiger partial charge < -0.3 is 9.97 Å². The van der Waals surface area contributed by atoms with Crippen molar-refractivity contribution in [1.29, 1.82) is 0 Å². The first kappa shape index (κ1) is 12.8. The molecule has 2 aromatic carbocycles. The van der Waals surface area contributed by atoms with Crippen molar-refractivity contribution >= 4 is 21.8 Å². The van der Waals surface area contributed by atoms with Gasteiger partial charge in [0, 0.05) is 10.8 Å². The van der Waals surface area contributed by atoms with Crippen LogP contribution in [-0.4, -0.2) is 9.97 Å². The number of H-pyrrole nitrogens is 2. The third-order valence-electron chi connectivity index (χ3n) is 4.29. The summed E-state index contributed by atoms with van der Waals surface area (Å²) in [7, 11) is 0. The number of aromatic nitrogens is 2. The zero-order valence-corrected chi connectivity index (χ0v) is 12.3. The Bertz CT molecular complexity index is 1230. The molecule has 0 aromatic heterocycles. The van der Waals surface area contributed by atoms with Crippen molar-refractivity contribution in [3.05, 3.63) is 78.7 Å². The zero-order chi connectivity index (χ0) is 15.4. The average molecular weight is 290 g/mol. The monoisotopic (exact) mass is 290 g/mol. The fraction of sp³-hybridized carbons (Fsp3) is 0.111. The summed E-state index contributed by atoms with van der Waals surface area (Å²) in [6, 6.07) is 11.2. The number of fused-ring (bicyclic) bond motifs is 3. The van der Waals surface area contributed by atoms with Gasteiger partial charge >= 0.3 is 0 Å². The Hall–Kier alpha value is -2.88. The predicted molar refractivity (Wildman–Crippen MR) is 87.5 cm³/mol. The second kappa shape index (κ2) is 4.31. The Morgan fingerprint density at radius 1 is 0.818 bits per heavy atom. The molecule has 0 radical (unpaired) electrons. The fourth-order valence-electron chi connectivity index (χ4n) is 2.97. The van der Waals surface area contributed by atoms with E-state index in [-0.39, 0.29) is 16.2 Å². The summed E-state index contributed by atoms with van der Waals surface area (Å²) in [5.74, 6) is 0. The molecule has 2 aromatic rings. The van der Waals surface area contributed by atoms with Crippen LogP contribution in [0, 0.1) is 24.4 Å². The molecule has 2 N–H and O–H groups in total. The van der Waals surface area contributed by atoms with Crippen LogP contribution in [0.2, 0.25) is 0 Å². The minimum atomic E-state index is -0.356. The molecule has 0 fully saturated rings. The van der Waals surface area contributed by atoms with Crippen LogP contribution < -0.4 is 11.0 Å². The summed E-state index contributed by atoms with van der Waals surface area (Å²) < 4.78 is 0. The average Bonchev–Trinajstić information content (AvgIpc) is 2.68. The van der Waals surface area contributed by atoms with E-state index in [1.165, 1.54) is 0 Å². The zero-order valence-electron chi connectivity index (χ0n) is 12.3. The minimum absolute atomic E-state index is 0.188. The van der Waals surface area contributed by atoms with Crippen LogP contribution in [0.15, 0.2) is 46.0 Å². The van der Waals surface area contributed by atoms with Gasteiger partial charge in [-0.3, -0.25) is 9.59 Å². The standard InChI is InChI=1S/C18H14N2O2/c1-9-7-13-14(8-10(9)2)20-18(22)15-16(19-13)11-5-3-4-6-12(11)17(15)21/h3-8,19H,1-2H3,(H,20,22). The second-order valence-corrected chi connectivity index (χ2v) is 5.69. The normalized spacial score (nSPS) is 11.5. The molecule has 0 atom stereocenters. The van der Waals surface area contributed by atoms with Gasteiger partial charge in [-0.05, 0) is 37.1 Å². The summed E-state index contributed by atoms with van der Waals surface area (Å²) in [5.41, 5.74) is 3.15. The molecule has 0 spiro atoms. The summed E-state index contributed by atoms with van der Waals surface area (Å²) in [5, 5.41) is 2.14. The largest absolute Gasteiger partial charge is 0.353 e. The van der Waals surface area contributed by atoms with Crippen molar-refractivity contribution in [3.63, 3.8) is 0 Å². The van der Waals surface area contributed by atoms with Gasteiger partial charge in [0.15, 0.2) is 0 Å². The molecule has 108 valence electrons. The van der Waals surface area contributed by atoms with E-state index in [1.54, 1.807) is 6.07 Å². The van der Waals surface area contributed by atoms with Crippen LogP contribution >= 0.6 is 0 Å². The van der Waals surface area contributed by atoms with Crippen molar-refractivity contribution in [2.24, 2.45) is 0 Å². The fourth-order valence-corrected chi connectivity index (χ4v) is 2.97. The van der Waals surface area contributed by atoms with Gasteiger partial charge in [0.25, 0.3) is 5.56 Å². The smallest absolute Gasteiger partial charge is 0.261 e. The molecule has 4 nitrogen and oxygen atoms in total. The number of benzene rings is 2. The molecule has 0 bridgehead atoms. The minimum Gasteiger partial charge on any atom is -0.353 e. The van der Waals surface area contributed by atoms with E-state index >= 15 is 0 Å². The van der Waals surface area contributed by atoms with Crippen LogP contribution in [0.25, 0.3) is 21.8 Å². The first-order valence-corrected chi connectivity index (χ1v) is 7.14. The van der Waals surface area contributed by atoms with Crippen molar-refractivity contribution < 1.29 is 0 Å². The Balaban J connectivity index is 2.41. The maximum absolute atomic E-state index is 12.5. The highest BCUT2D eigenvalue weighted by Gasteiger charge is 2.10. The number of hydrogen-bond acceptors (Lipinski definition) is 2. The van der Waals surface area contributed by atoms with Crippen molar-refractivity contribution in [2.45, 2.75) is 13.8 Å². The maximum Gasteiger partial charge on any atom is 0.261 e. The molecule has 4 heteroatoms. The van der Waals surface area contributed by atoms with E-state index in [2.05, 4.69) is 9.97 Å². The molecule has 1 heterocycles. The lowest BCUT2D eigenvalue weighted by atomic mass is 10.1. The molecule has 0 saturated heterocycles. The highest BCUT2D eigenvalue weighted by molar-refractivity contribution is 5.85. The number of hydrogen-bond donors (Lipinski definition) is 2. The van der Waals surface area contributed by atoms with Crippen LogP contribution in [0.4, 0.5) is 0 Å². The SMILES string of the molecule is Cc1cc2[nH]c(=O)c3c(=O)c4ccccc4c=3[nH]c2cc1C. The third-order valence-corrected chi connectivity index (χ3v) is 4.29. The molecule has 0 unspecified atom stereocenters. The molecule has 2 aliphatic rings. The second-order valence-electron chi connectivity index (χ2n) is 5.69. The first-order chi connectivity index (χ1) is 10.6. The lowest BCUT2D eigenvalue weighted by Crippen LogP contribution is -2.12. The van der Waals surface area contributed by atoms with E-state index < -0.39 is 0 Å². The van der Waals surface area contributed by atoms with Crippen LogP contribution in [-0.2, 0) is 0 Å². The molecule has 4 rings (SSSR count). The Labute approximate surface area is 125 Å². The van der Waals surface area contributed by atoms with E-state index in [4.69, 9.17) is 0 Å². The topological polar surface area (TPSA) is 65.7 Å². The van der Waals surface area contributed by atoms with Crippen molar-refractivity contribution in [3.8, 4) is 0 Å². The van der Waals surface area contributed by atoms with Crippen LogP contribution in [0.5, 0.6) is 0 Å². The number of rotatable bonds is 0. The highest BCUT2D eigenvalue weighted by Crippen LogP contribution is 2.17. The summed E-state index contributed by atoms with van der Waals surface area (Å²) in [6.07, 6.45) is 0. The lowest BCUT2D eigenvalue weighted by molar-refractivity contribution is 1.26. The quantitative estimate of drug-likeness (QED) is 0.523.